The van der Waals surface area contributed by atoms with E-state index in [0.29, 0.717) is 34.7 Å². The Morgan fingerprint density at radius 1 is 1.07 bits per heavy atom. The van der Waals surface area contributed by atoms with Gasteiger partial charge in [0.05, 0.1) is 10.4 Å². The van der Waals surface area contributed by atoms with Crippen LogP contribution < -0.4 is 5.32 Å². The van der Waals surface area contributed by atoms with E-state index >= 15 is 0 Å². The van der Waals surface area contributed by atoms with Crippen LogP contribution in [0.4, 0.5) is 5.69 Å². The third-order valence-electron chi connectivity index (χ3n) is 4.80. The molecule has 3 aromatic rings. The largest absolute Gasteiger partial charge is 0.321 e. The topological polar surface area (TPSA) is 95.2 Å². The van der Waals surface area contributed by atoms with Gasteiger partial charge in [0.2, 0.25) is 10.0 Å². The van der Waals surface area contributed by atoms with Gasteiger partial charge in [0.25, 0.3) is 5.91 Å². The van der Waals surface area contributed by atoms with E-state index in [2.05, 4.69) is 15.5 Å². The van der Waals surface area contributed by atoms with Gasteiger partial charge in [0.1, 0.15) is 0 Å². The number of aromatic nitrogens is 2. The predicted octanol–water partition coefficient (Wildman–Crippen LogP) is 3.64. The zero-order chi connectivity index (χ0) is 19.7. The predicted molar refractivity (Wildman–Crippen MR) is 108 cm³/mol. The van der Waals surface area contributed by atoms with Crippen LogP contribution >= 0.6 is 11.6 Å². The molecule has 4 rings (SSSR count). The molecule has 28 heavy (non-hydrogen) atoms. The van der Waals surface area contributed by atoms with Crippen LogP contribution in [0.15, 0.2) is 47.4 Å². The molecule has 9 heteroatoms. The summed E-state index contributed by atoms with van der Waals surface area (Å²) in [5, 5.41) is 10.7. The smallest absolute Gasteiger partial charge is 0.276 e. The highest BCUT2D eigenvalue weighted by atomic mass is 35.5. The fraction of sp³-hybridized carbons (Fsp3) is 0.263. The lowest BCUT2D eigenvalue weighted by atomic mass is 10.2. The van der Waals surface area contributed by atoms with Crippen molar-refractivity contribution in [2.75, 3.05) is 18.4 Å². The first kappa shape index (κ1) is 18.9. The third kappa shape index (κ3) is 3.63. The second-order valence-electron chi connectivity index (χ2n) is 6.71. The highest BCUT2D eigenvalue weighted by Gasteiger charge is 2.25. The number of nitrogens with zero attached hydrogens (tertiary/aromatic N) is 2. The number of piperidine rings is 1. The standard InChI is InChI=1S/C19H19ClN4O3S/c20-13-4-9-17-16(12-13)18(23-22-17)19(25)21-14-5-7-15(8-6-14)28(26,27)24-10-2-1-3-11-24/h4-9,12H,1-3,10-11H2,(H,21,25)(H,22,23). The molecule has 0 saturated carbocycles. The third-order valence-corrected chi connectivity index (χ3v) is 6.95. The van der Waals surface area contributed by atoms with E-state index in [4.69, 9.17) is 11.6 Å². The maximum atomic E-state index is 12.7. The van der Waals surface area contributed by atoms with Crippen molar-refractivity contribution in [2.24, 2.45) is 0 Å². The summed E-state index contributed by atoms with van der Waals surface area (Å²) in [6.45, 7) is 1.10. The molecule has 0 unspecified atom stereocenters. The highest BCUT2D eigenvalue weighted by Crippen LogP contribution is 2.24. The molecule has 7 nitrogen and oxygen atoms in total. The number of carbonyl (C=O) groups is 1. The van der Waals surface area contributed by atoms with Crippen LogP contribution in [0.25, 0.3) is 10.9 Å². The Balaban J connectivity index is 1.52. The molecular weight excluding hydrogens is 400 g/mol. The number of hydrogen-bond acceptors (Lipinski definition) is 4. The number of nitrogens with one attached hydrogen (secondary N) is 2. The molecule has 1 aromatic heterocycles. The number of anilines is 1. The van der Waals surface area contributed by atoms with Gasteiger partial charge in [0, 0.05) is 29.2 Å². The van der Waals surface area contributed by atoms with E-state index in [1.807, 2.05) is 0 Å². The molecule has 2 heterocycles. The molecule has 0 radical (unpaired) electrons. The normalized spacial score (nSPS) is 15.6. The van der Waals surface area contributed by atoms with E-state index in [1.54, 1.807) is 30.3 Å². The fourth-order valence-electron chi connectivity index (χ4n) is 3.31. The second-order valence-corrected chi connectivity index (χ2v) is 9.08. The fourth-order valence-corrected chi connectivity index (χ4v) is 5.00. The van der Waals surface area contributed by atoms with Crippen molar-refractivity contribution in [2.45, 2.75) is 24.2 Å². The number of fused-ring (bicyclic) bond motifs is 1. The first-order valence-electron chi connectivity index (χ1n) is 9.00. The SMILES string of the molecule is O=C(Nc1ccc(S(=O)(=O)N2CCCCC2)cc1)c1n[nH]c2ccc(Cl)cc12. The van der Waals surface area contributed by atoms with Crippen molar-refractivity contribution in [1.82, 2.24) is 14.5 Å². The molecule has 1 fully saturated rings. The Kier molecular flexibility index (Phi) is 5.09. The average Bonchev–Trinajstić information content (AvgIpc) is 3.12. The van der Waals surface area contributed by atoms with Crippen LogP contribution in [-0.2, 0) is 10.0 Å². The molecule has 146 valence electrons. The molecule has 0 bridgehead atoms. The Hall–Kier alpha value is -2.42. The molecular formula is C19H19ClN4O3S. The molecule has 0 atom stereocenters. The molecule has 2 N–H and O–H groups in total. The minimum absolute atomic E-state index is 0.225. The van der Waals surface area contributed by atoms with Crippen molar-refractivity contribution < 1.29 is 13.2 Å². The minimum Gasteiger partial charge on any atom is -0.321 e. The van der Waals surface area contributed by atoms with Crippen molar-refractivity contribution in [3.05, 3.63) is 53.2 Å². The van der Waals surface area contributed by atoms with Crippen molar-refractivity contribution in [1.29, 1.82) is 0 Å². The Morgan fingerprint density at radius 2 is 1.79 bits per heavy atom. The summed E-state index contributed by atoms with van der Waals surface area (Å²) in [7, 11) is -3.50. The molecule has 2 aromatic carbocycles. The first-order chi connectivity index (χ1) is 13.4. The maximum Gasteiger partial charge on any atom is 0.276 e. The Bertz CT molecular complexity index is 1120. The number of carbonyl (C=O) groups excluding carboxylic acids is 1. The quantitative estimate of drug-likeness (QED) is 0.676. The Labute approximate surface area is 167 Å². The van der Waals surface area contributed by atoms with Gasteiger partial charge < -0.3 is 5.32 Å². The van der Waals surface area contributed by atoms with E-state index in [9.17, 15) is 13.2 Å². The average molecular weight is 419 g/mol. The first-order valence-corrected chi connectivity index (χ1v) is 10.8. The minimum atomic E-state index is -3.50. The summed E-state index contributed by atoms with van der Waals surface area (Å²) in [5.41, 5.74) is 1.42. The lowest BCUT2D eigenvalue weighted by molar-refractivity contribution is 0.102. The van der Waals surface area contributed by atoms with Crippen LogP contribution in [0.2, 0.25) is 5.02 Å². The molecule has 1 amide bonds. The van der Waals surface area contributed by atoms with Crippen molar-refractivity contribution in [3.8, 4) is 0 Å². The van der Waals surface area contributed by atoms with Crippen LogP contribution in [-0.4, -0.2) is 41.9 Å². The number of hydrogen-bond donors (Lipinski definition) is 2. The second kappa shape index (κ2) is 7.54. The molecule has 1 saturated heterocycles. The maximum absolute atomic E-state index is 12.7. The van der Waals surface area contributed by atoms with E-state index in [-0.39, 0.29) is 10.6 Å². The number of amides is 1. The monoisotopic (exact) mass is 418 g/mol. The summed E-state index contributed by atoms with van der Waals surface area (Å²) in [6.07, 6.45) is 2.83. The molecule has 0 aliphatic carbocycles. The highest BCUT2D eigenvalue weighted by molar-refractivity contribution is 7.89. The summed E-state index contributed by atoms with van der Waals surface area (Å²) >= 11 is 6.00. The van der Waals surface area contributed by atoms with Crippen molar-refractivity contribution >= 4 is 44.1 Å². The molecule has 0 spiro atoms. The summed E-state index contributed by atoms with van der Waals surface area (Å²) in [5.74, 6) is -0.403. The Morgan fingerprint density at radius 3 is 2.50 bits per heavy atom. The summed E-state index contributed by atoms with van der Waals surface area (Å²) < 4.78 is 26.9. The summed E-state index contributed by atoms with van der Waals surface area (Å²) in [4.78, 5) is 12.8. The lowest BCUT2D eigenvalue weighted by Crippen LogP contribution is -2.35. The van der Waals surface area contributed by atoms with Gasteiger partial charge in [-0.05, 0) is 55.3 Å². The van der Waals surface area contributed by atoms with Crippen LogP contribution in [0.3, 0.4) is 0 Å². The van der Waals surface area contributed by atoms with Gasteiger partial charge in [-0.3, -0.25) is 9.89 Å². The van der Waals surface area contributed by atoms with Gasteiger partial charge in [-0.2, -0.15) is 9.40 Å². The van der Waals surface area contributed by atoms with Crippen LogP contribution in [0.1, 0.15) is 29.8 Å². The van der Waals surface area contributed by atoms with E-state index < -0.39 is 15.9 Å². The zero-order valence-electron chi connectivity index (χ0n) is 15.0. The lowest BCUT2D eigenvalue weighted by Gasteiger charge is -2.25. The van der Waals surface area contributed by atoms with Gasteiger partial charge in [-0.15, -0.1) is 0 Å². The number of rotatable bonds is 4. The molecule has 1 aliphatic rings. The van der Waals surface area contributed by atoms with Crippen LogP contribution in [0.5, 0.6) is 0 Å². The van der Waals surface area contributed by atoms with Gasteiger partial charge in [0.15, 0.2) is 5.69 Å². The zero-order valence-corrected chi connectivity index (χ0v) is 16.6. The van der Waals surface area contributed by atoms with Gasteiger partial charge in [-0.1, -0.05) is 18.0 Å². The van der Waals surface area contributed by atoms with E-state index in [0.717, 1.165) is 19.3 Å². The van der Waals surface area contributed by atoms with Crippen LogP contribution in [0, 0.1) is 0 Å². The number of halogens is 1. The number of aromatic amines is 1. The van der Waals surface area contributed by atoms with Crippen molar-refractivity contribution in [3.63, 3.8) is 0 Å². The molecule has 1 aliphatic heterocycles. The summed E-state index contributed by atoms with van der Waals surface area (Å²) in [6, 6.07) is 11.3. The van der Waals surface area contributed by atoms with Gasteiger partial charge in [-0.25, -0.2) is 8.42 Å². The number of H-pyrrole nitrogens is 1. The van der Waals surface area contributed by atoms with E-state index in [1.165, 1.54) is 16.4 Å². The van der Waals surface area contributed by atoms with Gasteiger partial charge >= 0.3 is 0 Å². The number of benzene rings is 2. The number of sulfonamides is 1.